The number of halogens is 1. The van der Waals surface area contributed by atoms with E-state index < -0.39 is 31.8 Å². The zero-order valence-electron chi connectivity index (χ0n) is 18.3. The van der Waals surface area contributed by atoms with Gasteiger partial charge >= 0.3 is 0 Å². The van der Waals surface area contributed by atoms with Crippen LogP contribution in [0.1, 0.15) is 10.4 Å². The molecule has 4 rings (SSSR count). The fraction of sp³-hybridized carbons (Fsp3) is 0.0435. The largest absolute Gasteiger partial charge is 0.305 e. The summed E-state index contributed by atoms with van der Waals surface area (Å²) >= 11 is 1.05. The Hall–Kier alpha value is -3.83. The van der Waals surface area contributed by atoms with Crippen molar-refractivity contribution < 1.29 is 26.0 Å². The molecule has 36 heavy (non-hydrogen) atoms. The molecule has 13 heteroatoms. The smallest absolute Gasteiger partial charge is 0.279 e. The summed E-state index contributed by atoms with van der Waals surface area (Å²) in [4.78, 5) is 17.0. The number of sulfonamides is 2. The number of hydrogen-bond acceptors (Lipinski definition) is 6. The first-order valence-corrected chi connectivity index (χ1v) is 13.9. The van der Waals surface area contributed by atoms with Gasteiger partial charge in [0.15, 0.2) is 4.80 Å². The Morgan fingerprint density at radius 1 is 1.06 bits per heavy atom. The van der Waals surface area contributed by atoms with Crippen molar-refractivity contribution in [2.45, 2.75) is 16.3 Å². The molecule has 0 saturated heterocycles. The van der Waals surface area contributed by atoms with E-state index in [-0.39, 0.29) is 32.4 Å². The van der Waals surface area contributed by atoms with Crippen LogP contribution in [0.3, 0.4) is 0 Å². The molecule has 184 valence electrons. The van der Waals surface area contributed by atoms with Gasteiger partial charge in [0.05, 0.1) is 26.6 Å². The molecule has 9 nitrogen and oxygen atoms in total. The molecule has 1 amide bonds. The van der Waals surface area contributed by atoms with Gasteiger partial charge in [0, 0.05) is 11.3 Å². The summed E-state index contributed by atoms with van der Waals surface area (Å²) in [5.41, 5.74) is 0.757. The Balaban J connectivity index is 1.70. The number of rotatable bonds is 6. The Kier molecular flexibility index (Phi) is 6.79. The van der Waals surface area contributed by atoms with Crippen LogP contribution in [0.2, 0.25) is 0 Å². The van der Waals surface area contributed by atoms with E-state index in [4.69, 9.17) is 11.6 Å². The number of carbonyl (C=O) groups is 1. The van der Waals surface area contributed by atoms with Crippen LogP contribution in [0.5, 0.6) is 0 Å². The minimum absolute atomic E-state index is 0.0678. The number of fused-ring (bicyclic) bond motifs is 1. The molecule has 3 N–H and O–H groups in total. The average molecular weight is 545 g/mol. The van der Waals surface area contributed by atoms with E-state index in [1.54, 1.807) is 4.57 Å². The summed E-state index contributed by atoms with van der Waals surface area (Å²) in [6.07, 6.45) is 5.46. The first-order chi connectivity index (χ1) is 17.0. The van der Waals surface area contributed by atoms with Crippen molar-refractivity contribution in [1.29, 1.82) is 0 Å². The number of nitrogens with zero attached hydrogens (tertiary/aromatic N) is 2. The summed E-state index contributed by atoms with van der Waals surface area (Å²) < 4.78 is 66.1. The van der Waals surface area contributed by atoms with Crippen molar-refractivity contribution >= 4 is 53.2 Å². The lowest BCUT2D eigenvalue weighted by Crippen LogP contribution is -2.17. The number of terminal acetylenes is 1. The second-order valence-corrected chi connectivity index (χ2v) is 11.7. The van der Waals surface area contributed by atoms with Crippen molar-refractivity contribution in [2.24, 2.45) is 10.1 Å². The zero-order valence-corrected chi connectivity index (χ0v) is 20.7. The number of nitrogens with two attached hydrogens (primary N) is 1. The number of aromatic nitrogens is 1. The van der Waals surface area contributed by atoms with E-state index >= 15 is 0 Å². The van der Waals surface area contributed by atoms with Crippen LogP contribution in [-0.4, -0.2) is 27.3 Å². The lowest BCUT2D eigenvalue weighted by Gasteiger charge is -2.08. The SMILES string of the molecule is C#CCn1c(=NC(=O)c2cccc(NS(=O)(=O)c3ccc(F)cc3)c2)sc2cc(S(N)(=O)=O)ccc21. The molecule has 0 saturated carbocycles. The van der Waals surface area contributed by atoms with Crippen LogP contribution in [0, 0.1) is 18.2 Å². The van der Waals surface area contributed by atoms with Crippen molar-refractivity contribution in [3.05, 3.63) is 82.9 Å². The van der Waals surface area contributed by atoms with E-state index in [1.807, 2.05) is 0 Å². The second kappa shape index (κ2) is 9.67. The first-order valence-electron chi connectivity index (χ1n) is 10.0. The quantitative estimate of drug-likeness (QED) is 0.359. The van der Waals surface area contributed by atoms with Gasteiger partial charge in [0.2, 0.25) is 10.0 Å². The molecule has 0 aliphatic rings. The average Bonchev–Trinajstić information content (AvgIpc) is 3.15. The number of hydrogen-bond donors (Lipinski definition) is 2. The summed E-state index contributed by atoms with van der Waals surface area (Å²) in [6.45, 7) is 0.0678. The standard InChI is InChI=1S/C23H17FN4O5S3/c1-2-12-28-20-11-10-19(35(25,30)31)14-21(20)34-23(28)26-22(29)15-4-3-5-17(13-15)27-36(32,33)18-8-6-16(24)7-9-18/h1,3-11,13-14,27H,12H2,(H2,25,30,31). The van der Waals surface area contributed by atoms with Crippen LogP contribution in [0.15, 0.2) is 81.5 Å². The summed E-state index contributed by atoms with van der Waals surface area (Å²) in [5.74, 6) is 1.21. The van der Waals surface area contributed by atoms with Crippen molar-refractivity contribution in [2.75, 3.05) is 4.72 Å². The maximum atomic E-state index is 13.1. The number of anilines is 1. The molecule has 0 atom stereocenters. The van der Waals surface area contributed by atoms with Crippen LogP contribution in [0.4, 0.5) is 10.1 Å². The lowest BCUT2D eigenvalue weighted by molar-refractivity contribution is 0.0998. The number of primary sulfonamides is 1. The minimum atomic E-state index is -4.02. The predicted octanol–water partition coefficient (Wildman–Crippen LogP) is 2.66. The van der Waals surface area contributed by atoms with Crippen molar-refractivity contribution in [3.63, 3.8) is 0 Å². The molecule has 1 heterocycles. The molecular weight excluding hydrogens is 527 g/mol. The number of nitrogens with one attached hydrogen (secondary N) is 1. The van der Waals surface area contributed by atoms with Gasteiger partial charge in [0.25, 0.3) is 15.9 Å². The Morgan fingerprint density at radius 2 is 1.75 bits per heavy atom. The molecule has 1 aromatic heterocycles. The number of thiazole rings is 1. The normalized spacial score (nSPS) is 12.4. The molecule has 0 unspecified atom stereocenters. The van der Waals surface area contributed by atoms with Gasteiger partial charge in [-0.15, -0.1) is 6.42 Å². The fourth-order valence-corrected chi connectivity index (χ4v) is 5.99. The van der Waals surface area contributed by atoms with Crippen molar-refractivity contribution in [3.8, 4) is 12.3 Å². The van der Waals surface area contributed by atoms with Gasteiger partial charge in [-0.25, -0.2) is 26.4 Å². The Labute approximate surface area is 209 Å². The third-order valence-corrected chi connectivity index (χ3v) is 8.26. The third kappa shape index (κ3) is 5.37. The molecule has 0 radical (unpaired) electrons. The van der Waals surface area contributed by atoms with Gasteiger partial charge in [-0.1, -0.05) is 23.3 Å². The maximum absolute atomic E-state index is 13.1. The van der Waals surface area contributed by atoms with Crippen LogP contribution >= 0.6 is 11.3 Å². The Morgan fingerprint density at radius 3 is 2.42 bits per heavy atom. The fourth-order valence-electron chi connectivity index (χ4n) is 3.25. The molecule has 4 aromatic rings. The highest BCUT2D eigenvalue weighted by Crippen LogP contribution is 2.22. The van der Waals surface area contributed by atoms with Gasteiger partial charge in [-0.05, 0) is 60.7 Å². The molecule has 0 aliphatic heterocycles. The minimum Gasteiger partial charge on any atom is -0.305 e. The van der Waals surface area contributed by atoms with Crippen LogP contribution < -0.4 is 14.7 Å². The monoisotopic (exact) mass is 544 g/mol. The van der Waals surface area contributed by atoms with E-state index in [9.17, 15) is 26.0 Å². The highest BCUT2D eigenvalue weighted by Gasteiger charge is 2.16. The molecule has 0 aliphatic carbocycles. The molecule has 0 spiro atoms. The first kappa shape index (κ1) is 25.3. The second-order valence-electron chi connectivity index (χ2n) is 7.41. The van der Waals surface area contributed by atoms with Gasteiger partial charge in [0.1, 0.15) is 5.82 Å². The van der Waals surface area contributed by atoms with E-state index in [0.29, 0.717) is 10.2 Å². The third-order valence-electron chi connectivity index (χ3n) is 4.92. The summed E-state index contributed by atoms with van der Waals surface area (Å²) in [6, 6.07) is 14.2. The van der Waals surface area contributed by atoms with Crippen LogP contribution in [-0.2, 0) is 26.6 Å². The highest BCUT2D eigenvalue weighted by atomic mass is 32.2. The number of benzene rings is 3. The van der Waals surface area contributed by atoms with Gasteiger partial charge in [-0.3, -0.25) is 9.52 Å². The predicted molar refractivity (Wildman–Crippen MR) is 134 cm³/mol. The zero-order chi connectivity index (χ0) is 26.1. The van der Waals surface area contributed by atoms with Crippen molar-refractivity contribution in [1.82, 2.24) is 4.57 Å². The molecule has 0 fully saturated rings. The number of amides is 1. The molecular formula is C23H17FN4O5S3. The number of carbonyl (C=O) groups excluding carboxylic acids is 1. The maximum Gasteiger partial charge on any atom is 0.279 e. The lowest BCUT2D eigenvalue weighted by atomic mass is 10.2. The molecule has 3 aromatic carbocycles. The molecule has 0 bridgehead atoms. The highest BCUT2D eigenvalue weighted by molar-refractivity contribution is 7.92. The van der Waals surface area contributed by atoms with Crippen LogP contribution in [0.25, 0.3) is 10.2 Å². The van der Waals surface area contributed by atoms with E-state index in [1.165, 1.54) is 42.5 Å². The van der Waals surface area contributed by atoms with Gasteiger partial charge in [-0.2, -0.15) is 4.99 Å². The van der Waals surface area contributed by atoms with E-state index in [0.717, 1.165) is 35.6 Å². The van der Waals surface area contributed by atoms with E-state index in [2.05, 4.69) is 15.6 Å². The summed E-state index contributed by atoms with van der Waals surface area (Å²) in [7, 11) is -7.95. The summed E-state index contributed by atoms with van der Waals surface area (Å²) in [5, 5.41) is 5.20. The van der Waals surface area contributed by atoms with Gasteiger partial charge < -0.3 is 4.57 Å². The topological polar surface area (TPSA) is 141 Å². The Bertz CT molecular complexity index is 1820.